The zero-order chi connectivity index (χ0) is 16.2. The van der Waals surface area contributed by atoms with Crippen molar-refractivity contribution in [2.24, 2.45) is 0 Å². The van der Waals surface area contributed by atoms with Gasteiger partial charge < -0.3 is 15.0 Å². The average Bonchev–Trinajstić information content (AvgIpc) is 3.00. The molecule has 7 heteroatoms. The summed E-state index contributed by atoms with van der Waals surface area (Å²) in [7, 11) is 0. The van der Waals surface area contributed by atoms with Crippen LogP contribution in [0, 0.1) is 5.82 Å². The fourth-order valence-electron chi connectivity index (χ4n) is 2.37. The minimum Gasteiger partial charge on any atom is -0.472 e. The van der Waals surface area contributed by atoms with Gasteiger partial charge in [-0.15, -0.1) is 0 Å². The maximum atomic E-state index is 13.6. The van der Waals surface area contributed by atoms with E-state index in [4.69, 9.17) is 4.74 Å². The van der Waals surface area contributed by atoms with Crippen molar-refractivity contribution >= 4 is 27.6 Å². The Balaban J connectivity index is 1.55. The van der Waals surface area contributed by atoms with Gasteiger partial charge >= 0.3 is 6.03 Å². The molecule has 0 saturated carbocycles. The molecule has 0 radical (unpaired) electrons. The molecule has 2 heterocycles. The molecule has 1 N–H and O–H groups in total. The third-order valence-corrected chi connectivity index (χ3v) is 4.00. The number of ether oxygens (including phenoxy) is 1. The van der Waals surface area contributed by atoms with Crippen LogP contribution in [0.1, 0.15) is 6.42 Å². The second-order valence-corrected chi connectivity index (χ2v) is 6.11. The highest BCUT2D eigenvalue weighted by molar-refractivity contribution is 9.10. The standard InChI is InChI=1S/C16H15BrFN3O2/c17-11-5-6-15(19-9-11)23-12-7-8-21(10-12)16(22)20-14-4-2-1-3-13(14)18/h1-6,9,12H,7-8,10H2,(H,20,22). The SMILES string of the molecule is O=C(Nc1ccccc1F)N1CCC(Oc2ccc(Br)cn2)C1. The average molecular weight is 380 g/mol. The number of rotatable bonds is 3. The van der Waals surface area contributed by atoms with Crippen LogP contribution < -0.4 is 10.1 Å². The smallest absolute Gasteiger partial charge is 0.322 e. The van der Waals surface area contributed by atoms with Crippen LogP contribution in [-0.4, -0.2) is 35.1 Å². The lowest BCUT2D eigenvalue weighted by molar-refractivity contribution is 0.190. The highest BCUT2D eigenvalue weighted by atomic mass is 79.9. The summed E-state index contributed by atoms with van der Waals surface area (Å²) in [6.07, 6.45) is 2.25. The number of benzene rings is 1. The second-order valence-electron chi connectivity index (χ2n) is 5.20. The van der Waals surface area contributed by atoms with E-state index in [9.17, 15) is 9.18 Å². The number of nitrogens with zero attached hydrogens (tertiary/aromatic N) is 2. The van der Waals surface area contributed by atoms with Crippen molar-refractivity contribution in [3.8, 4) is 5.88 Å². The predicted octanol–water partition coefficient (Wildman–Crippen LogP) is 3.67. The molecule has 1 aromatic carbocycles. The number of anilines is 1. The predicted molar refractivity (Wildman–Crippen MR) is 88.0 cm³/mol. The molecule has 1 saturated heterocycles. The van der Waals surface area contributed by atoms with Crippen LogP contribution >= 0.6 is 15.9 Å². The molecule has 0 aliphatic carbocycles. The van der Waals surface area contributed by atoms with Gasteiger partial charge in [-0.05, 0) is 34.1 Å². The maximum absolute atomic E-state index is 13.6. The Kier molecular flexibility index (Phi) is 4.76. The Morgan fingerprint density at radius 3 is 2.91 bits per heavy atom. The quantitative estimate of drug-likeness (QED) is 0.884. The topological polar surface area (TPSA) is 54.5 Å². The highest BCUT2D eigenvalue weighted by Crippen LogP contribution is 2.20. The minimum atomic E-state index is -0.452. The van der Waals surface area contributed by atoms with Gasteiger partial charge in [0.25, 0.3) is 0 Å². The molecule has 2 amide bonds. The molecule has 1 aliphatic heterocycles. The summed E-state index contributed by atoms with van der Waals surface area (Å²) < 4.78 is 20.2. The molecule has 1 atom stereocenters. The van der Waals surface area contributed by atoms with Crippen molar-refractivity contribution in [2.45, 2.75) is 12.5 Å². The number of urea groups is 1. The first kappa shape index (κ1) is 15.7. The molecule has 2 aromatic rings. The first-order chi connectivity index (χ1) is 11.1. The molecular weight excluding hydrogens is 365 g/mol. The van der Waals surface area contributed by atoms with Crippen LogP contribution in [-0.2, 0) is 0 Å². The molecule has 5 nitrogen and oxygen atoms in total. The van der Waals surface area contributed by atoms with Crippen LogP contribution in [0.4, 0.5) is 14.9 Å². The van der Waals surface area contributed by atoms with Gasteiger partial charge in [-0.3, -0.25) is 0 Å². The summed E-state index contributed by atoms with van der Waals surface area (Å²) in [6.45, 7) is 1.000. The summed E-state index contributed by atoms with van der Waals surface area (Å²) >= 11 is 3.31. The fraction of sp³-hybridized carbons (Fsp3) is 0.250. The number of hydrogen-bond acceptors (Lipinski definition) is 3. The van der Waals surface area contributed by atoms with Crippen LogP contribution in [0.3, 0.4) is 0 Å². The lowest BCUT2D eigenvalue weighted by Crippen LogP contribution is -2.34. The molecule has 1 unspecified atom stereocenters. The minimum absolute atomic E-state index is 0.116. The molecule has 1 aromatic heterocycles. The normalized spacial score (nSPS) is 17.1. The summed E-state index contributed by atoms with van der Waals surface area (Å²) in [5.41, 5.74) is 0.177. The maximum Gasteiger partial charge on any atom is 0.322 e. The molecule has 23 heavy (non-hydrogen) atoms. The van der Waals surface area contributed by atoms with Gasteiger partial charge in [0, 0.05) is 29.7 Å². The van der Waals surface area contributed by atoms with Crippen molar-refractivity contribution in [3.05, 3.63) is 52.9 Å². The molecular formula is C16H15BrFN3O2. The van der Waals surface area contributed by atoms with Gasteiger partial charge in [-0.1, -0.05) is 12.1 Å². The number of carbonyl (C=O) groups excluding carboxylic acids is 1. The Morgan fingerprint density at radius 1 is 1.35 bits per heavy atom. The zero-order valence-electron chi connectivity index (χ0n) is 12.2. The van der Waals surface area contributed by atoms with Gasteiger partial charge in [-0.2, -0.15) is 0 Å². The van der Waals surface area contributed by atoms with Crippen molar-refractivity contribution < 1.29 is 13.9 Å². The highest BCUT2D eigenvalue weighted by Gasteiger charge is 2.28. The molecule has 120 valence electrons. The van der Waals surface area contributed by atoms with E-state index >= 15 is 0 Å². The number of hydrogen-bond donors (Lipinski definition) is 1. The van der Waals surface area contributed by atoms with Gasteiger partial charge in [-0.25, -0.2) is 14.2 Å². The van der Waals surface area contributed by atoms with Gasteiger partial charge in [0.15, 0.2) is 0 Å². The van der Waals surface area contributed by atoms with Crippen LogP contribution in [0.25, 0.3) is 0 Å². The number of carbonyl (C=O) groups is 1. The first-order valence-corrected chi connectivity index (χ1v) is 8.00. The largest absolute Gasteiger partial charge is 0.472 e. The number of likely N-dealkylation sites (tertiary alicyclic amines) is 1. The molecule has 0 spiro atoms. The lowest BCUT2D eigenvalue weighted by atomic mass is 10.3. The van der Waals surface area contributed by atoms with Crippen LogP contribution in [0.2, 0.25) is 0 Å². The fourth-order valence-corrected chi connectivity index (χ4v) is 2.60. The Hall–Kier alpha value is -2.15. The zero-order valence-corrected chi connectivity index (χ0v) is 13.8. The summed E-state index contributed by atoms with van der Waals surface area (Å²) in [5.74, 6) is 0.0708. The van der Waals surface area contributed by atoms with Crippen molar-refractivity contribution in [1.82, 2.24) is 9.88 Å². The van der Waals surface area contributed by atoms with Crippen molar-refractivity contribution in [2.75, 3.05) is 18.4 Å². The summed E-state index contributed by atoms with van der Waals surface area (Å²) in [6, 6.07) is 9.38. The van der Waals surface area contributed by atoms with E-state index in [-0.39, 0.29) is 17.8 Å². The third kappa shape index (κ3) is 3.98. The van der Waals surface area contributed by atoms with Gasteiger partial charge in [0.2, 0.25) is 5.88 Å². The third-order valence-electron chi connectivity index (χ3n) is 3.54. The Morgan fingerprint density at radius 2 is 2.17 bits per heavy atom. The van der Waals surface area contributed by atoms with Crippen molar-refractivity contribution in [3.63, 3.8) is 0 Å². The number of amides is 2. The van der Waals surface area contributed by atoms with E-state index in [1.807, 2.05) is 6.07 Å². The van der Waals surface area contributed by atoms with E-state index in [2.05, 4.69) is 26.2 Å². The number of halogens is 2. The molecule has 1 fully saturated rings. The first-order valence-electron chi connectivity index (χ1n) is 7.20. The number of pyridine rings is 1. The number of para-hydroxylation sites is 1. The van der Waals surface area contributed by atoms with Gasteiger partial charge in [0.05, 0.1) is 12.2 Å². The van der Waals surface area contributed by atoms with Crippen molar-refractivity contribution in [1.29, 1.82) is 0 Å². The van der Waals surface area contributed by atoms with E-state index in [1.165, 1.54) is 12.1 Å². The second kappa shape index (κ2) is 6.95. The molecule has 1 aliphatic rings. The lowest BCUT2D eigenvalue weighted by Gasteiger charge is -2.18. The summed E-state index contributed by atoms with van der Waals surface area (Å²) in [4.78, 5) is 17.9. The van der Waals surface area contributed by atoms with E-state index in [0.29, 0.717) is 25.4 Å². The number of aromatic nitrogens is 1. The Bertz CT molecular complexity index is 696. The van der Waals surface area contributed by atoms with E-state index in [0.717, 1.165) is 4.47 Å². The molecule has 3 rings (SSSR count). The van der Waals surface area contributed by atoms with E-state index in [1.54, 1.807) is 29.3 Å². The van der Waals surface area contributed by atoms with Crippen LogP contribution in [0.5, 0.6) is 5.88 Å². The summed E-state index contributed by atoms with van der Waals surface area (Å²) in [5, 5.41) is 2.58. The monoisotopic (exact) mass is 379 g/mol. The van der Waals surface area contributed by atoms with Crippen LogP contribution in [0.15, 0.2) is 47.1 Å². The molecule has 0 bridgehead atoms. The number of nitrogens with one attached hydrogen (secondary N) is 1. The Labute approximate surface area is 141 Å². The van der Waals surface area contributed by atoms with Gasteiger partial charge in [0.1, 0.15) is 11.9 Å². The van der Waals surface area contributed by atoms with E-state index < -0.39 is 5.82 Å².